The van der Waals surface area contributed by atoms with Gasteiger partial charge in [-0.1, -0.05) is 5.16 Å². The van der Waals surface area contributed by atoms with Crippen LogP contribution in [0.2, 0.25) is 0 Å². The number of anilines is 1. The van der Waals surface area contributed by atoms with Gasteiger partial charge in [-0.3, -0.25) is 4.79 Å². The zero-order valence-corrected chi connectivity index (χ0v) is 16.9. The van der Waals surface area contributed by atoms with E-state index in [2.05, 4.69) is 10.5 Å². The van der Waals surface area contributed by atoms with E-state index in [1.165, 1.54) is 13.3 Å². The molecule has 0 bridgehead atoms. The van der Waals surface area contributed by atoms with Crippen LogP contribution in [0.4, 0.5) is 10.1 Å². The van der Waals surface area contributed by atoms with Crippen LogP contribution in [0.3, 0.4) is 0 Å². The molecule has 1 unspecified atom stereocenters. The number of oxime groups is 1. The van der Waals surface area contributed by atoms with Gasteiger partial charge in [0.2, 0.25) is 5.43 Å². The van der Waals surface area contributed by atoms with Crippen molar-refractivity contribution in [3.05, 3.63) is 33.9 Å². The number of aromatic carboxylic acids is 1. The quantitative estimate of drug-likeness (QED) is 0.727. The van der Waals surface area contributed by atoms with E-state index in [4.69, 9.17) is 9.57 Å². The summed E-state index contributed by atoms with van der Waals surface area (Å²) >= 11 is 0. The summed E-state index contributed by atoms with van der Waals surface area (Å²) in [5.74, 6) is -1.74. The van der Waals surface area contributed by atoms with E-state index in [1.807, 2.05) is 18.9 Å². The minimum atomic E-state index is -1.34. The van der Waals surface area contributed by atoms with Crippen molar-refractivity contribution in [1.29, 1.82) is 0 Å². The van der Waals surface area contributed by atoms with Crippen LogP contribution in [0.5, 0.6) is 5.75 Å². The highest BCUT2D eigenvalue weighted by molar-refractivity contribution is 5.99. The first kappa shape index (κ1) is 20.1. The van der Waals surface area contributed by atoms with E-state index in [-0.39, 0.29) is 35.5 Å². The fourth-order valence-electron chi connectivity index (χ4n) is 4.21. The van der Waals surface area contributed by atoms with Gasteiger partial charge in [-0.15, -0.1) is 0 Å². The topological polar surface area (TPSA) is 105 Å². The van der Waals surface area contributed by atoms with Gasteiger partial charge in [-0.05, 0) is 26.5 Å². The lowest BCUT2D eigenvalue weighted by Gasteiger charge is -2.37. The predicted molar refractivity (Wildman–Crippen MR) is 109 cm³/mol. The molecule has 4 rings (SSSR count). The van der Waals surface area contributed by atoms with Crippen LogP contribution >= 0.6 is 0 Å². The third-order valence-electron chi connectivity index (χ3n) is 5.69. The van der Waals surface area contributed by atoms with E-state index in [0.717, 1.165) is 11.8 Å². The van der Waals surface area contributed by atoms with Gasteiger partial charge < -0.3 is 29.5 Å². The fourth-order valence-corrected chi connectivity index (χ4v) is 4.21. The normalized spacial score (nSPS) is 22.3. The summed E-state index contributed by atoms with van der Waals surface area (Å²) in [4.78, 5) is 31.0. The number of rotatable bonds is 4. The summed E-state index contributed by atoms with van der Waals surface area (Å²) in [6.45, 7) is 2.95. The number of benzene rings is 1. The number of hydrogen-bond acceptors (Lipinski definition) is 7. The minimum Gasteiger partial charge on any atom is -0.487 e. The van der Waals surface area contributed by atoms with Crippen molar-refractivity contribution >= 4 is 28.3 Å². The van der Waals surface area contributed by atoms with Crippen LogP contribution in [-0.4, -0.2) is 61.3 Å². The smallest absolute Gasteiger partial charge is 0.341 e. The molecule has 0 saturated carbocycles. The molecule has 3 heterocycles. The number of nitrogens with one attached hydrogen (secondary N) is 1. The highest BCUT2D eigenvalue weighted by Gasteiger charge is 2.33. The standard InChI is InChI=1S/C20H23FN4O5/c1-10-9-30-19-16-11(18(26)12(20(27)28)7-25(10)16)6-13(21)17(19)24-5-4-14(22-2)15(8-24)23-29-3/h6-7,10,14,22H,4-5,8-9H2,1-3H3,(H,27,28)/b23-15+/t10-,14?/m0/s1. The molecule has 1 fully saturated rings. The number of carboxylic acids is 1. The molecule has 30 heavy (non-hydrogen) atoms. The molecule has 1 saturated heterocycles. The van der Waals surface area contributed by atoms with Gasteiger partial charge in [-0.25, -0.2) is 9.18 Å². The third kappa shape index (κ3) is 3.07. The van der Waals surface area contributed by atoms with Crippen molar-refractivity contribution in [3.63, 3.8) is 0 Å². The van der Waals surface area contributed by atoms with Gasteiger partial charge in [0, 0.05) is 12.7 Å². The Kier molecular flexibility index (Phi) is 5.10. The van der Waals surface area contributed by atoms with Crippen molar-refractivity contribution in [1.82, 2.24) is 9.88 Å². The fraction of sp³-hybridized carbons (Fsp3) is 0.450. The van der Waals surface area contributed by atoms with E-state index in [9.17, 15) is 14.7 Å². The molecule has 2 aromatic rings. The largest absolute Gasteiger partial charge is 0.487 e. The van der Waals surface area contributed by atoms with Crippen molar-refractivity contribution in [3.8, 4) is 5.75 Å². The van der Waals surface area contributed by atoms with E-state index >= 15 is 4.39 Å². The Morgan fingerprint density at radius 1 is 1.47 bits per heavy atom. The molecule has 1 aromatic heterocycles. The molecular formula is C20H23FN4O5. The lowest BCUT2D eigenvalue weighted by Crippen LogP contribution is -2.49. The molecule has 1 aromatic carbocycles. The summed E-state index contributed by atoms with van der Waals surface area (Å²) in [6, 6.07) is 0.911. The van der Waals surface area contributed by atoms with Crippen molar-refractivity contribution in [2.24, 2.45) is 5.16 Å². The molecule has 0 amide bonds. The van der Waals surface area contributed by atoms with Gasteiger partial charge in [0.05, 0.1) is 35.2 Å². The molecule has 2 aliphatic heterocycles. The second-order valence-electron chi connectivity index (χ2n) is 7.49. The summed E-state index contributed by atoms with van der Waals surface area (Å²) in [5.41, 5.74) is 0.248. The van der Waals surface area contributed by atoms with Crippen LogP contribution in [0.1, 0.15) is 29.7 Å². The number of carbonyl (C=O) groups is 1. The zero-order chi connectivity index (χ0) is 21.6. The maximum absolute atomic E-state index is 15.3. The molecule has 9 nitrogen and oxygen atoms in total. The van der Waals surface area contributed by atoms with Gasteiger partial charge in [0.25, 0.3) is 0 Å². The number of carboxylic acid groups (broad SMARTS) is 1. The van der Waals surface area contributed by atoms with Crippen LogP contribution in [0.25, 0.3) is 10.9 Å². The van der Waals surface area contributed by atoms with Gasteiger partial charge in [-0.2, -0.15) is 0 Å². The highest BCUT2D eigenvalue weighted by Crippen LogP contribution is 2.42. The average molecular weight is 418 g/mol. The molecule has 160 valence electrons. The molecule has 0 aliphatic carbocycles. The summed E-state index contributed by atoms with van der Waals surface area (Å²) < 4.78 is 22.9. The molecule has 0 radical (unpaired) electrons. The van der Waals surface area contributed by atoms with E-state index in [0.29, 0.717) is 25.0 Å². The number of pyridine rings is 1. The molecule has 0 spiro atoms. The van der Waals surface area contributed by atoms with Gasteiger partial charge in [0.15, 0.2) is 11.6 Å². The Morgan fingerprint density at radius 2 is 2.23 bits per heavy atom. The molecular weight excluding hydrogens is 395 g/mol. The Labute approximate surface area is 171 Å². The van der Waals surface area contributed by atoms with Crippen LogP contribution < -0.4 is 20.4 Å². The summed E-state index contributed by atoms with van der Waals surface area (Å²) in [7, 11) is 3.29. The number of aromatic nitrogens is 1. The number of halogens is 1. The second-order valence-corrected chi connectivity index (χ2v) is 7.49. The number of hydrogen-bond donors (Lipinski definition) is 2. The second kappa shape index (κ2) is 7.60. The summed E-state index contributed by atoms with van der Waals surface area (Å²) in [5, 5.41) is 16.6. The van der Waals surface area contributed by atoms with Crippen LogP contribution in [0, 0.1) is 5.82 Å². The molecule has 2 N–H and O–H groups in total. The predicted octanol–water partition coefficient (Wildman–Crippen LogP) is 1.59. The monoisotopic (exact) mass is 418 g/mol. The van der Waals surface area contributed by atoms with Gasteiger partial charge in [0.1, 0.15) is 25.0 Å². The van der Waals surface area contributed by atoms with Crippen molar-refractivity contribution in [2.75, 3.05) is 38.8 Å². The van der Waals surface area contributed by atoms with Gasteiger partial charge >= 0.3 is 5.97 Å². The molecule has 2 aliphatic rings. The first-order valence-corrected chi connectivity index (χ1v) is 9.66. The van der Waals surface area contributed by atoms with Crippen molar-refractivity contribution < 1.29 is 23.9 Å². The van der Waals surface area contributed by atoms with Crippen molar-refractivity contribution in [2.45, 2.75) is 25.4 Å². The molecule has 2 atom stereocenters. The Balaban J connectivity index is 1.92. The maximum atomic E-state index is 15.3. The Bertz CT molecular complexity index is 1110. The maximum Gasteiger partial charge on any atom is 0.341 e. The number of ether oxygens (including phenoxy) is 1. The minimum absolute atomic E-state index is 0.00593. The van der Waals surface area contributed by atoms with Crippen LogP contribution in [0.15, 0.2) is 22.2 Å². The Hall–Kier alpha value is -3.14. The number of nitrogens with zero attached hydrogens (tertiary/aromatic N) is 3. The lowest BCUT2D eigenvalue weighted by molar-refractivity contribution is 0.0694. The third-order valence-corrected chi connectivity index (χ3v) is 5.69. The Morgan fingerprint density at radius 3 is 2.90 bits per heavy atom. The van der Waals surface area contributed by atoms with E-state index in [1.54, 1.807) is 4.57 Å². The zero-order valence-electron chi connectivity index (χ0n) is 16.9. The first-order valence-electron chi connectivity index (χ1n) is 9.66. The highest BCUT2D eigenvalue weighted by atomic mass is 19.1. The molecule has 10 heteroatoms. The van der Waals surface area contributed by atoms with Crippen LogP contribution in [-0.2, 0) is 4.84 Å². The first-order chi connectivity index (χ1) is 14.4. The summed E-state index contributed by atoms with van der Waals surface area (Å²) in [6.07, 6.45) is 1.99. The lowest BCUT2D eigenvalue weighted by atomic mass is 10.0. The average Bonchev–Trinajstić information content (AvgIpc) is 2.72. The number of piperidine rings is 1. The van der Waals surface area contributed by atoms with E-state index < -0.39 is 22.8 Å². The SMILES string of the molecule is CNC1CCN(c2c(F)cc3c(=O)c(C(=O)O)cn4c3c2OC[C@@H]4C)C/C1=N\OC.